The summed E-state index contributed by atoms with van der Waals surface area (Å²) < 4.78 is 22.7. The summed E-state index contributed by atoms with van der Waals surface area (Å²) in [5.74, 6) is -2.51. The number of carboxylic acids is 1. The van der Waals surface area contributed by atoms with Crippen LogP contribution in [0.1, 0.15) is 179 Å². The van der Waals surface area contributed by atoms with E-state index in [1.54, 1.807) is 51.3 Å². The summed E-state index contributed by atoms with van der Waals surface area (Å²) in [4.78, 5) is 140. The third-order valence-electron chi connectivity index (χ3n) is 19.7. The van der Waals surface area contributed by atoms with Crippen molar-refractivity contribution in [2.45, 2.75) is 242 Å². The summed E-state index contributed by atoms with van der Waals surface area (Å²) in [6.45, 7) is 13.5. The molecule has 10 atom stereocenters. The third kappa shape index (κ3) is 18.9. The van der Waals surface area contributed by atoms with Crippen molar-refractivity contribution in [3.05, 3.63) is 95.1 Å². The number of alkyl carbamates (subject to hydrolysis) is 2. The second-order valence-electron chi connectivity index (χ2n) is 30.0. The highest BCUT2D eigenvalue weighted by atomic mass is 16.6. The molecule has 0 unspecified atom stereocenters. The number of ether oxygens (including phenoxy) is 4. The Morgan fingerprint density at radius 3 is 1.35 bits per heavy atom. The summed E-state index contributed by atoms with van der Waals surface area (Å²) >= 11 is 0. The zero-order valence-corrected chi connectivity index (χ0v) is 57.1. The largest absolute Gasteiger partial charge is 0.479 e. The van der Waals surface area contributed by atoms with Crippen molar-refractivity contribution in [3.63, 3.8) is 0 Å². The number of allylic oxidation sites excluding steroid dienone is 2. The molecule has 6 fully saturated rings. The quantitative estimate of drug-likeness (QED) is 0.0931. The molecule has 25 nitrogen and oxygen atoms in total. The van der Waals surface area contributed by atoms with E-state index in [0.29, 0.717) is 70.7 Å². The van der Waals surface area contributed by atoms with Gasteiger partial charge in [-0.15, -0.1) is 0 Å². The molecule has 0 radical (unpaired) electrons. The normalized spacial score (nSPS) is 29.3. The Labute approximate surface area is 568 Å². The number of carbonyl (C=O) groups excluding carboxylic acids is 9. The van der Waals surface area contributed by atoms with Gasteiger partial charge >= 0.3 is 30.3 Å². The van der Waals surface area contributed by atoms with Crippen molar-refractivity contribution in [1.82, 2.24) is 46.2 Å². The van der Waals surface area contributed by atoms with Crippen LogP contribution < -0.4 is 32.3 Å². The van der Waals surface area contributed by atoms with E-state index in [4.69, 9.17) is 24.7 Å². The van der Waals surface area contributed by atoms with Gasteiger partial charge in [0.1, 0.15) is 58.7 Å². The fourth-order valence-electron chi connectivity index (χ4n) is 13.6. The van der Waals surface area contributed by atoms with Gasteiger partial charge in [-0.1, -0.05) is 98.5 Å². The van der Waals surface area contributed by atoms with Crippen LogP contribution in [0.4, 0.5) is 19.2 Å². The first kappa shape index (κ1) is 71.5. The zero-order valence-electron chi connectivity index (χ0n) is 57.1. The molecule has 8 N–H and O–H groups in total. The summed E-state index contributed by atoms with van der Waals surface area (Å²) in [5.41, 5.74) is 5.30. The van der Waals surface area contributed by atoms with Crippen molar-refractivity contribution in [2.75, 3.05) is 26.2 Å². The number of hydrogen-bond acceptors (Lipinski definition) is 15. The number of carbonyl (C=O) groups is 10. The molecule has 12 rings (SSSR count). The maximum absolute atomic E-state index is 14.3. The van der Waals surface area contributed by atoms with Gasteiger partial charge in [0, 0.05) is 57.4 Å². The molecule has 0 bridgehead atoms. The Bertz CT molecular complexity index is 3270. The molecular formula is C72H100N10O15. The van der Waals surface area contributed by atoms with Gasteiger partial charge < -0.3 is 66.2 Å². The van der Waals surface area contributed by atoms with Crippen molar-refractivity contribution >= 4 is 59.9 Å². The molecule has 528 valence electrons. The molecule has 97 heavy (non-hydrogen) atoms. The number of carboxylic acid groups (broad SMARTS) is 1. The van der Waals surface area contributed by atoms with Crippen LogP contribution in [0.3, 0.4) is 0 Å². The number of aliphatic carboxylic acids is 1. The highest BCUT2D eigenvalue weighted by Gasteiger charge is 2.63. The Balaban J connectivity index is 0.000000197. The highest BCUT2D eigenvalue weighted by Crippen LogP contribution is 2.47. The number of nitrogens with one attached hydrogen (secondary N) is 5. The average molecular weight is 1350 g/mol. The lowest BCUT2D eigenvalue weighted by atomic mass is 10.0. The Hall–Kier alpha value is -8.22. The Morgan fingerprint density at radius 1 is 0.567 bits per heavy atom. The molecule has 2 saturated heterocycles. The molecule has 0 aromatic heterocycles. The van der Waals surface area contributed by atoms with Crippen molar-refractivity contribution < 1.29 is 72.0 Å². The van der Waals surface area contributed by atoms with E-state index in [2.05, 4.69) is 32.7 Å². The molecular weight excluding hydrogens is 1240 g/mol. The van der Waals surface area contributed by atoms with E-state index >= 15 is 0 Å². The predicted molar refractivity (Wildman–Crippen MR) is 356 cm³/mol. The molecule has 2 aromatic carbocycles. The number of rotatable bonds is 9. The van der Waals surface area contributed by atoms with Crippen LogP contribution in [-0.4, -0.2) is 169 Å². The molecule has 6 aliphatic heterocycles. The number of nitrogens with zero attached hydrogens (tertiary/aromatic N) is 4. The molecule has 4 aliphatic carbocycles. The van der Waals surface area contributed by atoms with Crippen LogP contribution in [-0.2, 0) is 73.9 Å². The molecule has 10 aliphatic rings. The minimum absolute atomic E-state index is 0.000531. The van der Waals surface area contributed by atoms with Crippen molar-refractivity contribution in [2.24, 2.45) is 29.4 Å². The summed E-state index contributed by atoms with van der Waals surface area (Å²) in [5, 5.41) is 24.3. The first-order chi connectivity index (χ1) is 46.2. The van der Waals surface area contributed by atoms with Crippen LogP contribution in [0.5, 0.6) is 0 Å². The SMILES string of the molecule is CC(C)(C)OC(=O)N[C@H]1CCCCC/C=C\[C@@H]2C[C@@]2(C(=O)NCC2CC2)NC(=O)[C@@H]2C[C@@H](OC(=O)N3Cc4ccccc4C3)CN2C1=O.CC(C)(C)OC(=O)N[C@H]1CCCCC/C=C\[C@@H]2C[C@@]2(C(=O)O)NC(=O)[C@@H]2C[C@@H](OC(=O)N3Cc4ccccc4C3)CN2C1=O.NCC1CC1. The Morgan fingerprint density at radius 2 is 0.969 bits per heavy atom. The summed E-state index contributed by atoms with van der Waals surface area (Å²) in [6, 6.07) is 11.5. The smallest absolute Gasteiger partial charge is 0.410 e. The fourth-order valence-corrected chi connectivity index (χ4v) is 13.6. The molecule has 25 heteroatoms. The minimum atomic E-state index is -1.45. The highest BCUT2D eigenvalue weighted by molar-refractivity contribution is 5.99. The maximum Gasteiger partial charge on any atom is 0.410 e. The molecule has 6 heterocycles. The lowest BCUT2D eigenvalue weighted by Crippen LogP contribution is -2.58. The first-order valence-electron chi connectivity index (χ1n) is 35.0. The van der Waals surface area contributed by atoms with Crippen LogP contribution in [0, 0.1) is 23.7 Å². The zero-order chi connectivity index (χ0) is 69.4. The van der Waals surface area contributed by atoms with Gasteiger partial charge in [-0.25, -0.2) is 24.0 Å². The third-order valence-corrected chi connectivity index (χ3v) is 19.7. The van der Waals surface area contributed by atoms with E-state index in [9.17, 15) is 53.1 Å². The molecule has 9 amide bonds. The number of fused-ring (bicyclic) bond motifs is 6. The minimum Gasteiger partial charge on any atom is -0.479 e. The summed E-state index contributed by atoms with van der Waals surface area (Å²) in [7, 11) is 0. The van der Waals surface area contributed by atoms with Gasteiger partial charge in [0.15, 0.2) is 0 Å². The van der Waals surface area contributed by atoms with E-state index in [0.717, 1.165) is 86.1 Å². The van der Waals surface area contributed by atoms with E-state index in [-0.39, 0.29) is 50.1 Å². The maximum atomic E-state index is 14.3. The van der Waals surface area contributed by atoms with Crippen LogP contribution in [0.25, 0.3) is 0 Å². The fraction of sp³-hybridized carbons (Fsp3) is 0.639. The number of amides is 9. The molecule has 0 spiro atoms. The molecule has 4 saturated carbocycles. The van der Waals surface area contributed by atoms with Gasteiger partial charge in [-0.05, 0) is 159 Å². The molecule has 2 aromatic rings. The number of hydrogen-bond donors (Lipinski definition) is 7. The lowest BCUT2D eigenvalue weighted by molar-refractivity contribution is -0.145. The topological polar surface area (TPSA) is 327 Å². The number of nitrogens with two attached hydrogens (primary N) is 1. The van der Waals surface area contributed by atoms with Gasteiger partial charge in [-0.2, -0.15) is 0 Å². The van der Waals surface area contributed by atoms with Gasteiger partial charge in [-0.3, -0.25) is 33.8 Å². The van der Waals surface area contributed by atoms with Crippen molar-refractivity contribution in [1.29, 1.82) is 0 Å². The number of benzene rings is 2. The van der Waals surface area contributed by atoms with E-state index in [1.165, 1.54) is 22.6 Å². The van der Waals surface area contributed by atoms with Gasteiger partial charge in [0.25, 0.3) is 0 Å². The average Bonchev–Trinajstić information content (AvgIpc) is 1.59. The van der Waals surface area contributed by atoms with Gasteiger partial charge in [0.05, 0.1) is 13.1 Å². The van der Waals surface area contributed by atoms with Crippen LogP contribution in [0.2, 0.25) is 0 Å². The summed E-state index contributed by atoms with van der Waals surface area (Å²) in [6.07, 6.45) is 16.4. The van der Waals surface area contributed by atoms with Crippen LogP contribution in [0.15, 0.2) is 72.8 Å². The lowest BCUT2D eigenvalue weighted by Gasteiger charge is -2.30. The monoisotopic (exact) mass is 1340 g/mol. The Kier molecular flexibility index (Phi) is 22.6. The van der Waals surface area contributed by atoms with E-state index in [1.807, 2.05) is 66.8 Å². The second-order valence-corrected chi connectivity index (χ2v) is 30.0. The van der Waals surface area contributed by atoms with E-state index < -0.39 is 113 Å². The second kappa shape index (κ2) is 30.7. The van der Waals surface area contributed by atoms with Crippen molar-refractivity contribution in [3.8, 4) is 0 Å². The first-order valence-corrected chi connectivity index (χ1v) is 35.0. The standard InChI is InChI=1S/C36H49N5O7.C32H42N4O8.C4H9N/c1-35(2,3)48-33(45)38-28-14-8-6-4-5-7-13-26-18-36(26,32(44)37-19-23-15-16-23)39-30(42)29-17-27(22-41(29)31(28)43)47-34(46)40-20-24-11-9-10-12-25(24)21-40;1-31(2,3)44-29(41)33-24-14-8-6-4-5-7-13-22-16-32(22,28(39)40)34-26(37)25-15-23(19-36(25)27(24)38)43-30(42)35-17-20-11-9-10-12-21(20)18-35;5-3-4-1-2-4/h7,9-13,23,26-29H,4-6,8,14-22H2,1-3H3,(H,37,44)(H,38,45)(H,39,42);7,9-13,22-25H,4-6,8,14-19H2,1-3H3,(H,33,41)(H,34,37)(H,39,40);4H,1-3,5H2/b2*13-7-;/t26-,27-,28+,29+,36-;22-,23-,24+,25+,32-;/m11./s1. The van der Waals surface area contributed by atoms with Gasteiger partial charge in [0.2, 0.25) is 29.5 Å². The predicted octanol–water partition coefficient (Wildman–Crippen LogP) is 7.76. The van der Waals surface area contributed by atoms with Crippen LogP contribution >= 0.6 is 0 Å².